The molecule has 1 fully saturated rings. The number of likely N-dealkylation sites (tertiary alicyclic amines) is 1. The molecule has 0 aromatic heterocycles. The van der Waals surface area contributed by atoms with Crippen LogP contribution < -0.4 is 15.2 Å². The molecule has 4 nitrogen and oxygen atoms in total. The number of methoxy groups -OCH3 is 2. The zero-order valence-corrected chi connectivity index (χ0v) is 14.5. The second kappa shape index (κ2) is 8.01. The van der Waals surface area contributed by atoms with Gasteiger partial charge >= 0.3 is 0 Å². The first-order valence-electron chi connectivity index (χ1n) is 7.50. The second-order valence-electron chi connectivity index (χ2n) is 5.62. The van der Waals surface area contributed by atoms with E-state index in [-0.39, 0.29) is 0 Å². The van der Waals surface area contributed by atoms with Crippen LogP contribution in [0.1, 0.15) is 24.8 Å². The Morgan fingerprint density at radius 3 is 2.71 bits per heavy atom. The minimum absolute atomic E-state index is 0.729. The van der Waals surface area contributed by atoms with Crippen LogP contribution in [0.3, 0.4) is 0 Å². The molecule has 2 rings (SSSR count). The average Bonchev–Trinajstić information content (AvgIpc) is 2.49. The van der Waals surface area contributed by atoms with Crippen molar-refractivity contribution in [2.45, 2.75) is 25.8 Å². The van der Waals surface area contributed by atoms with Gasteiger partial charge < -0.3 is 15.2 Å². The largest absolute Gasteiger partial charge is 0.496 e. The zero-order valence-electron chi connectivity index (χ0n) is 12.9. The Labute approximate surface area is 135 Å². The van der Waals surface area contributed by atoms with Gasteiger partial charge in [0.05, 0.1) is 18.7 Å². The van der Waals surface area contributed by atoms with E-state index in [4.69, 9.17) is 15.2 Å². The van der Waals surface area contributed by atoms with Crippen molar-refractivity contribution in [1.29, 1.82) is 0 Å². The van der Waals surface area contributed by atoms with E-state index in [1.54, 1.807) is 14.2 Å². The van der Waals surface area contributed by atoms with Crippen molar-refractivity contribution in [1.82, 2.24) is 4.90 Å². The molecule has 1 aromatic carbocycles. The van der Waals surface area contributed by atoms with E-state index < -0.39 is 0 Å². The van der Waals surface area contributed by atoms with E-state index in [2.05, 4.69) is 26.9 Å². The lowest BCUT2D eigenvalue weighted by atomic mass is 9.94. The lowest BCUT2D eigenvalue weighted by Gasteiger charge is -2.33. The number of piperidine rings is 1. The molecular weight excluding hydrogens is 332 g/mol. The van der Waals surface area contributed by atoms with Gasteiger partial charge in [-0.1, -0.05) is 0 Å². The Hall–Kier alpha value is -0.780. The van der Waals surface area contributed by atoms with E-state index in [0.717, 1.165) is 54.5 Å². The zero-order chi connectivity index (χ0) is 15.2. The molecule has 21 heavy (non-hydrogen) atoms. The maximum Gasteiger partial charge on any atom is 0.133 e. The molecule has 1 atom stereocenters. The molecule has 0 aliphatic carbocycles. The van der Waals surface area contributed by atoms with Gasteiger partial charge in [0.1, 0.15) is 11.5 Å². The Morgan fingerprint density at radius 2 is 2.05 bits per heavy atom. The molecule has 0 amide bonds. The minimum Gasteiger partial charge on any atom is -0.496 e. The van der Waals surface area contributed by atoms with Gasteiger partial charge in [0, 0.05) is 18.7 Å². The average molecular weight is 357 g/mol. The van der Waals surface area contributed by atoms with Gasteiger partial charge in [0.15, 0.2) is 0 Å². The fourth-order valence-electron chi connectivity index (χ4n) is 3.05. The fraction of sp³-hybridized carbons (Fsp3) is 0.625. The van der Waals surface area contributed by atoms with Gasteiger partial charge in [-0.15, -0.1) is 0 Å². The minimum atomic E-state index is 0.729. The molecule has 5 heteroatoms. The summed E-state index contributed by atoms with van der Waals surface area (Å²) in [5, 5.41) is 0. The van der Waals surface area contributed by atoms with Crippen LogP contribution in [0.4, 0.5) is 0 Å². The summed E-state index contributed by atoms with van der Waals surface area (Å²) in [6, 6.07) is 4.05. The predicted octanol–water partition coefficient (Wildman–Crippen LogP) is 3.03. The van der Waals surface area contributed by atoms with Crippen LogP contribution in [0, 0.1) is 5.92 Å². The van der Waals surface area contributed by atoms with Crippen LogP contribution in [0.2, 0.25) is 0 Å². The number of halogens is 1. The maximum absolute atomic E-state index is 5.70. The summed E-state index contributed by atoms with van der Waals surface area (Å²) in [5.74, 6) is 2.48. The van der Waals surface area contributed by atoms with Gasteiger partial charge in [-0.3, -0.25) is 4.90 Å². The summed E-state index contributed by atoms with van der Waals surface area (Å²) < 4.78 is 11.8. The summed E-state index contributed by atoms with van der Waals surface area (Å²) in [6.07, 6.45) is 3.67. The first kappa shape index (κ1) is 16.6. The molecule has 2 N–H and O–H groups in total. The normalized spacial score (nSPS) is 19.5. The third-order valence-electron chi connectivity index (χ3n) is 4.13. The summed E-state index contributed by atoms with van der Waals surface area (Å²) in [6.45, 7) is 3.95. The number of ether oxygens (including phenoxy) is 2. The standard InChI is InChI=1S/C16H25BrN2O2/c1-20-15-9-14(17)16(21-2)8-13(15)11-19-7-3-4-12(10-19)5-6-18/h8-9,12H,3-7,10-11,18H2,1-2H3. The lowest BCUT2D eigenvalue weighted by Crippen LogP contribution is -2.35. The summed E-state index contributed by atoms with van der Waals surface area (Å²) in [5.41, 5.74) is 6.87. The van der Waals surface area contributed by atoms with Crippen LogP contribution in [0.15, 0.2) is 16.6 Å². The number of nitrogens with two attached hydrogens (primary N) is 1. The third-order valence-corrected chi connectivity index (χ3v) is 4.75. The molecule has 0 bridgehead atoms. The van der Waals surface area contributed by atoms with Gasteiger partial charge in [-0.25, -0.2) is 0 Å². The van der Waals surface area contributed by atoms with Gasteiger partial charge in [0.2, 0.25) is 0 Å². The smallest absolute Gasteiger partial charge is 0.133 e. The Morgan fingerprint density at radius 1 is 1.29 bits per heavy atom. The fourth-order valence-corrected chi connectivity index (χ4v) is 3.54. The summed E-state index contributed by atoms with van der Waals surface area (Å²) in [4.78, 5) is 2.50. The summed E-state index contributed by atoms with van der Waals surface area (Å²) in [7, 11) is 3.40. The van der Waals surface area contributed by atoms with Crippen molar-refractivity contribution in [2.75, 3.05) is 33.9 Å². The van der Waals surface area contributed by atoms with Crippen molar-refractivity contribution >= 4 is 15.9 Å². The van der Waals surface area contributed by atoms with Crippen molar-refractivity contribution in [3.8, 4) is 11.5 Å². The Kier molecular flexibility index (Phi) is 6.33. The second-order valence-corrected chi connectivity index (χ2v) is 6.47. The molecule has 1 aromatic rings. The van der Waals surface area contributed by atoms with Crippen molar-refractivity contribution in [2.24, 2.45) is 11.7 Å². The van der Waals surface area contributed by atoms with E-state index in [0.29, 0.717) is 0 Å². The highest BCUT2D eigenvalue weighted by Crippen LogP contribution is 2.34. The predicted molar refractivity (Wildman–Crippen MR) is 88.9 cm³/mol. The lowest BCUT2D eigenvalue weighted by molar-refractivity contribution is 0.161. The van der Waals surface area contributed by atoms with E-state index in [9.17, 15) is 0 Å². The van der Waals surface area contributed by atoms with Crippen LogP contribution in [0.5, 0.6) is 11.5 Å². The third kappa shape index (κ3) is 4.34. The highest BCUT2D eigenvalue weighted by Gasteiger charge is 2.21. The molecule has 1 aliphatic rings. The van der Waals surface area contributed by atoms with Crippen LogP contribution in [-0.2, 0) is 6.54 Å². The Balaban J connectivity index is 2.10. The van der Waals surface area contributed by atoms with Crippen molar-refractivity contribution in [3.63, 3.8) is 0 Å². The highest BCUT2D eigenvalue weighted by molar-refractivity contribution is 9.10. The molecule has 1 aliphatic heterocycles. The topological polar surface area (TPSA) is 47.7 Å². The first-order valence-corrected chi connectivity index (χ1v) is 8.30. The molecule has 118 valence electrons. The molecule has 0 spiro atoms. The van der Waals surface area contributed by atoms with Gasteiger partial charge in [0.25, 0.3) is 0 Å². The molecular formula is C16H25BrN2O2. The Bertz CT molecular complexity index is 466. The van der Waals surface area contributed by atoms with Crippen LogP contribution >= 0.6 is 15.9 Å². The van der Waals surface area contributed by atoms with Crippen LogP contribution in [0.25, 0.3) is 0 Å². The monoisotopic (exact) mass is 356 g/mol. The van der Waals surface area contributed by atoms with Crippen LogP contribution in [-0.4, -0.2) is 38.8 Å². The number of nitrogens with zero attached hydrogens (tertiary/aromatic N) is 1. The highest BCUT2D eigenvalue weighted by atomic mass is 79.9. The van der Waals surface area contributed by atoms with E-state index in [1.807, 2.05) is 6.07 Å². The van der Waals surface area contributed by atoms with E-state index >= 15 is 0 Å². The number of benzene rings is 1. The molecule has 1 unspecified atom stereocenters. The first-order chi connectivity index (χ1) is 10.2. The summed E-state index contributed by atoms with van der Waals surface area (Å²) >= 11 is 3.51. The molecule has 1 saturated heterocycles. The molecule has 0 saturated carbocycles. The molecule has 1 heterocycles. The number of rotatable bonds is 6. The van der Waals surface area contributed by atoms with Gasteiger partial charge in [-0.05, 0) is 66.3 Å². The van der Waals surface area contributed by atoms with Crippen molar-refractivity contribution < 1.29 is 9.47 Å². The van der Waals surface area contributed by atoms with Crippen molar-refractivity contribution in [3.05, 3.63) is 22.2 Å². The maximum atomic E-state index is 5.70. The number of hydrogen-bond donors (Lipinski definition) is 1. The van der Waals surface area contributed by atoms with Gasteiger partial charge in [-0.2, -0.15) is 0 Å². The van der Waals surface area contributed by atoms with E-state index in [1.165, 1.54) is 18.4 Å². The SMILES string of the molecule is COc1cc(CN2CCCC(CCN)C2)c(OC)cc1Br. The number of hydrogen-bond acceptors (Lipinski definition) is 4. The molecule has 0 radical (unpaired) electrons. The quantitative estimate of drug-likeness (QED) is 0.850.